The molecular formula is C18H31N3O. The lowest BCUT2D eigenvalue weighted by Gasteiger charge is -2.36. The predicted molar refractivity (Wildman–Crippen MR) is 87.6 cm³/mol. The highest BCUT2D eigenvalue weighted by atomic mass is 16.2. The molecule has 2 aliphatic carbocycles. The first kappa shape index (κ1) is 14.9. The Kier molecular flexibility index (Phi) is 4.16. The lowest BCUT2D eigenvalue weighted by Crippen LogP contribution is -2.48. The summed E-state index contributed by atoms with van der Waals surface area (Å²) in [5.74, 6) is 0.684. The summed E-state index contributed by atoms with van der Waals surface area (Å²) in [5.41, 5.74) is 0.375. The lowest BCUT2D eigenvalue weighted by molar-refractivity contribution is -0.124. The van der Waals surface area contributed by atoms with Crippen molar-refractivity contribution >= 4 is 5.91 Å². The molecule has 1 spiro atoms. The van der Waals surface area contributed by atoms with Gasteiger partial charge in [-0.05, 0) is 63.5 Å². The summed E-state index contributed by atoms with van der Waals surface area (Å²) in [4.78, 5) is 15.2. The molecule has 1 amide bonds. The number of likely N-dealkylation sites (tertiary alicyclic amines) is 1. The van der Waals surface area contributed by atoms with Crippen LogP contribution in [0.4, 0.5) is 0 Å². The minimum absolute atomic E-state index is 0.322. The average molecular weight is 305 g/mol. The highest BCUT2D eigenvalue weighted by Gasteiger charge is 2.57. The van der Waals surface area contributed by atoms with Crippen LogP contribution in [0.15, 0.2) is 0 Å². The van der Waals surface area contributed by atoms with Gasteiger partial charge in [0.05, 0.1) is 0 Å². The molecule has 2 heterocycles. The zero-order chi connectivity index (χ0) is 15.0. The van der Waals surface area contributed by atoms with E-state index in [4.69, 9.17) is 0 Å². The lowest BCUT2D eigenvalue weighted by atomic mass is 9.91. The second-order valence-electron chi connectivity index (χ2n) is 8.13. The molecule has 4 heteroatoms. The fraction of sp³-hybridized carbons (Fsp3) is 0.944. The van der Waals surface area contributed by atoms with E-state index < -0.39 is 0 Å². The zero-order valence-electron chi connectivity index (χ0n) is 13.8. The second-order valence-corrected chi connectivity index (χ2v) is 8.13. The molecule has 22 heavy (non-hydrogen) atoms. The molecule has 1 atom stereocenters. The Morgan fingerprint density at radius 3 is 2.41 bits per heavy atom. The third-order valence-electron chi connectivity index (χ3n) is 6.82. The van der Waals surface area contributed by atoms with Crippen molar-refractivity contribution in [3.8, 4) is 0 Å². The summed E-state index contributed by atoms with van der Waals surface area (Å²) < 4.78 is 0. The average Bonchev–Trinajstić information content (AvgIpc) is 3.00. The molecule has 0 bridgehead atoms. The van der Waals surface area contributed by atoms with Gasteiger partial charge in [-0.25, -0.2) is 0 Å². The first-order chi connectivity index (χ1) is 10.8. The topological polar surface area (TPSA) is 44.4 Å². The van der Waals surface area contributed by atoms with Gasteiger partial charge in [-0.1, -0.05) is 12.8 Å². The summed E-state index contributed by atoms with van der Waals surface area (Å²) in [6, 6.07) is 1.28. The van der Waals surface area contributed by atoms with Crippen LogP contribution >= 0.6 is 0 Å². The number of carbonyl (C=O) groups is 1. The molecule has 0 radical (unpaired) electrons. The van der Waals surface area contributed by atoms with Gasteiger partial charge in [-0.2, -0.15) is 0 Å². The van der Waals surface area contributed by atoms with Crippen molar-refractivity contribution in [1.82, 2.24) is 15.5 Å². The van der Waals surface area contributed by atoms with Crippen LogP contribution in [0.1, 0.15) is 57.8 Å². The molecule has 4 rings (SSSR count). The monoisotopic (exact) mass is 305 g/mol. The number of nitrogens with one attached hydrogen (secondary N) is 2. The van der Waals surface area contributed by atoms with Gasteiger partial charge in [-0.3, -0.25) is 4.79 Å². The molecule has 1 unspecified atom stereocenters. The van der Waals surface area contributed by atoms with Gasteiger partial charge in [0.2, 0.25) is 5.91 Å². The quantitative estimate of drug-likeness (QED) is 0.837. The van der Waals surface area contributed by atoms with Gasteiger partial charge in [0.25, 0.3) is 0 Å². The van der Waals surface area contributed by atoms with E-state index in [1.165, 1.54) is 51.6 Å². The smallest absolute Gasteiger partial charge is 0.223 e. The Labute approximate surface area is 134 Å². The van der Waals surface area contributed by atoms with Gasteiger partial charge >= 0.3 is 0 Å². The first-order valence-electron chi connectivity index (χ1n) is 9.52. The normalized spacial score (nSPS) is 33.2. The Bertz CT molecular complexity index is 405. The van der Waals surface area contributed by atoms with E-state index in [1.807, 2.05) is 0 Å². The Hall–Kier alpha value is -0.610. The third kappa shape index (κ3) is 2.92. The van der Waals surface area contributed by atoms with Crippen molar-refractivity contribution in [3.63, 3.8) is 0 Å². The van der Waals surface area contributed by atoms with Crippen LogP contribution in [0.5, 0.6) is 0 Å². The van der Waals surface area contributed by atoms with Crippen molar-refractivity contribution in [2.45, 2.75) is 69.9 Å². The van der Waals surface area contributed by atoms with Crippen LogP contribution in [0.3, 0.4) is 0 Å². The Morgan fingerprint density at radius 1 is 1.05 bits per heavy atom. The molecule has 4 aliphatic rings. The molecule has 0 aromatic heterocycles. The van der Waals surface area contributed by atoms with Crippen molar-refractivity contribution < 1.29 is 4.79 Å². The van der Waals surface area contributed by atoms with Crippen LogP contribution in [0.2, 0.25) is 0 Å². The number of hydrogen-bond acceptors (Lipinski definition) is 3. The van der Waals surface area contributed by atoms with Crippen molar-refractivity contribution in [1.29, 1.82) is 0 Å². The molecule has 2 saturated carbocycles. The molecule has 0 aromatic carbocycles. The van der Waals surface area contributed by atoms with E-state index in [0.717, 1.165) is 38.4 Å². The van der Waals surface area contributed by atoms with Crippen molar-refractivity contribution in [3.05, 3.63) is 0 Å². The summed E-state index contributed by atoms with van der Waals surface area (Å²) in [6.45, 7) is 4.58. The summed E-state index contributed by atoms with van der Waals surface area (Å²) in [6.07, 6.45) is 11.5. The van der Waals surface area contributed by atoms with Crippen LogP contribution < -0.4 is 10.6 Å². The first-order valence-corrected chi connectivity index (χ1v) is 9.52. The summed E-state index contributed by atoms with van der Waals surface area (Å²) in [5, 5.41) is 6.79. The van der Waals surface area contributed by atoms with Gasteiger partial charge in [0.1, 0.15) is 0 Å². The fourth-order valence-corrected chi connectivity index (χ4v) is 5.18. The minimum Gasteiger partial charge on any atom is -0.353 e. The summed E-state index contributed by atoms with van der Waals surface area (Å²) >= 11 is 0. The number of rotatable bonds is 3. The van der Waals surface area contributed by atoms with Crippen molar-refractivity contribution in [2.24, 2.45) is 11.3 Å². The number of hydrogen-bond donors (Lipinski definition) is 2. The van der Waals surface area contributed by atoms with Gasteiger partial charge in [-0.15, -0.1) is 0 Å². The molecule has 0 aromatic rings. The van der Waals surface area contributed by atoms with E-state index in [9.17, 15) is 4.79 Å². The van der Waals surface area contributed by atoms with E-state index in [1.54, 1.807) is 0 Å². The molecule has 2 saturated heterocycles. The molecule has 4 fully saturated rings. The number of amides is 1. The highest BCUT2D eigenvalue weighted by molar-refractivity contribution is 5.82. The molecule has 4 nitrogen and oxygen atoms in total. The maximum absolute atomic E-state index is 12.5. The Balaban J connectivity index is 1.22. The minimum atomic E-state index is 0.322. The predicted octanol–water partition coefficient (Wildman–Crippen LogP) is 1.90. The maximum Gasteiger partial charge on any atom is 0.223 e. The molecular weight excluding hydrogens is 274 g/mol. The number of carbonyl (C=O) groups excluding carboxylic acids is 1. The van der Waals surface area contributed by atoms with Crippen LogP contribution in [-0.2, 0) is 4.79 Å². The van der Waals surface area contributed by atoms with Crippen LogP contribution in [-0.4, -0.2) is 49.1 Å². The number of nitrogens with zero attached hydrogens (tertiary/aromatic N) is 1. The zero-order valence-corrected chi connectivity index (χ0v) is 13.8. The van der Waals surface area contributed by atoms with E-state index >= 15 is 0 Å². The summed E-state index contributed by atoms with van der Waals surface area (Å²) in [7, 11) is 0. The molecule has 2 N–H and O–H groups in total. The van der Waals surface area contributed by atoms with Gasteiger partial charge in [0.15, 0.2) is 0 Å². The Morgan fingerprint density at radius 2 is 1.73 bits per heavy atom. The number of piperidine rings is 2. The largest absolute Gasteiger partial charge is 0.353 e. The maximum atomic E-state index is 12.5. The van der Waals surface area contributed by atoms with Gasteiger partial charge in [0, 0.05) is 31.1 Å². The highest BCUT2D eigenvalue weighted by Crippen LogP contribution is 2.58. The van der Waals surface area contributed by atoms with Crippen molar-refractivity contribution in [2.75, 3.05) is 26.2 Å². The third-order valence-corrected chi connectivity index (χ3v) is 6.82. The van der Waals surface area contributed by atoms with E-state index in [2.05, 4.69) is 15.5 Å². The molecule has 2 aliphatic heterocycles. The SMILES string of the molecule is O=C(NC1CCN(C2CCCC2)CC1)C1CC12CCNCC2. The second kappa shape index (κ2) is 6.12. The standard InChI is InChI=1S/C18H31N3O/c22-17(16-13-18(16)7-9-19-10-8-18)20-14-5-11-21(12-6-14)15-3-1-2-4-15/h14-16,19H,1-13H2,(H,20,22). The van der Waals surface area contributed by atoms with Crippen LogP contribution in [0.25, 0.3) is 0 Å². The van der Waals surface area contributed by atoms with Crippen LogP contribution in [0, 0.1) is 11.3 Å². The molecule has 124 valence electrons. The van der Waals surface area contributed by atoms with E-state index in [0.29, 0.717) is 23.3 Å². The van der Waals surface area contributed by atoms with Gasteiger partial charge < -0.3 is 15.5 Å². The fourth-order valence-electron chi connectivity index (χ4n) is 5.18. The van der Waals surface area contributed by atoms with E-state index in [-0.39, 0.29) is 0 Å².